The molecule has 4 N–H and O–H groups in total. The monoisotopic (exact) mass is 431 g/mol. The smallest absolute Gasteiger partial charge is 0.247 e. The number of carbonyl (C=O) groups is 2. The lowest BCUT2D eigenvalue weighted by Crippen LogP contribution is -2.41. The van der Waals surface area contributed by atoms with Crippen molar-refractivity contribution >= 4 is 17.5 Å². The number of fused-ring (bicyclic) bond motifs is 9. The zero-order valence-corrected chi connectivity index (χ0v) is 17.8. The minimum Gasteiger partial charge on any atom is -0.497 e. The molecule has 1 atom stereocenters. The summed E-state index contributed by atoms with van der Waals surface area (Å²) in [7, 11) is 1.58. The van der Waals surface area contributed by atoms with E-state index in [9.17, 15) is 9.59 Å². The number of amides is 2. The third kappa shape index (κ3) is 5.00. The van der Waals surface area contributed by atoms with Crippen molar-refractivity contribution in [2.24, 2.45) is 0 Å². The van der Waals surface area contributed by atoms with Gasteiger partial charge >= 0.3 is 0 Å². The molecule has 2 heterocycles. The maximum Gasteiger partial charge on any atom is 0.247 e. The van der Waals surface area contributed by atoms with Gasteiger partial charge in [0.15, 0.2) is 0 Å². The fourth-order valence-electron chi connectivity index (χ4n) is 3.62. The maximum absolute atomic E-state index is 13.0. The molecule has 0 unspecified atom stereocenters. The van der Waals surface area contributed by atoms with E-state index in [1.165, 1.54) is 0 Å². The summed E-state index contributed by atoms with van der Waals surface area (Å²) in [6.45, 7) is 0.403. The van der Waals surface area contributed by atoms with E-state index in [0.29, 0.717) is 41.5 Å². The summed E-state index contributed by atoms with van der Waals surface area (Å²) in [5, 5.41) is 5.78. The summed E-state index contributed by atoms with van der Waals surface area (Å²) in [4.78, 5) is 25.8. The fourth-order valence-corrected chi connectivity index (χ4v) is 3.62. The highest BCUT2D eigenvalue weighted by molar-refractivity contribution is 5.89. The molecule has 2 aliphatic heterocycles. The zero-order valence-electron chi connectivity index (χ0n) is 17.8. The average molecular weight is 431 g/mol. The lowest BCUT2D eigenvalue weighted by molar-refractivity contribution is -0.128. The number of rotatable bonds is 2. The Morgan fingerprint density at radius 3 is 2.56 bits per heavy atom. The van der Waals surface area contributed by atoms with E-state index in [2.05, 4.69) is 10.6 Å². The second-order valence-electron chi connectivity index (χ2n) is 7.61. The number of methoxy groups -OCH3 is 1. The zero-order chi connectivity index (χ0) is 22.5. The van der Waals surface area contributed by atoms with Crippen molar-refractivity contribution in [3.8, 4) is 17.2 Å². The molecule has 0 saturated heterocycles. The molecule has 2 amide bonds. The number of nitrogen functional groups attached to an aromatic ring is 1. The molecule has 7 heteroatoms. The van der Waals surface area contributed by atoms with Gasteiger partial charge in [0.2, 0.25) is 11.8 Å². The fraction of sp³-hybridized carbons (Fsp3) is 0.200. The third-order valence-electron chi connectivity index (χ3n) is 5.29. The van der Waals surface area contributed by atoms with Crippen LogP contribution in [0.5, 0.6) is 17.2 Å². The molecule has 3 aromatic rings. The first-order valence-corrected chi connectivity index (χ1v) is 10.4. The predicted octanol–water partition coefficient (Wildman–Crippen LogP) is 3.14. The van der Waals surface area contributed by atoms with Crippen LogP contribution in [0.25, 0.3) is 0 Å². The highest BCUT2D eigenvalue weighted by Gasteiger charge is 2.23. The first kappa shape index (κ1) is 21.2. The van der Waals surface area contributed by atoms with Gasteiger partial charge in [0.05, 0.1) is 19.2 Å². The number of hydrogen-bond acceptors (Lipinski definition) is 5. The van der Waals surface area contributed by atoms with Crippen LogP contribution >= 0.6 is 0 Å². The lowest BCUT2D eigenvalue weighted by Gasteiger charge is -2.20. The van der Waals surface area contributed by atoms with E-state index in [1.54, 1.807) is 37.4 Å². The first-order valence-electron chi connectivity index (χ1n) is 10.4. The Morgan fingerprint density at radius 2 is 1.81 bits per heavy atom. The molecule has 4 bridgehead atoms. The minimum absolute atomic E-state index is 0.103. The Balaban J connectivity index is 1.66. The Labute approximate surface area is 186 Å². The van der Waals surface area contributed by atoms with E-state index < -0.39 is 6.04 Å². The Hall–Kier alpha value is -4.00. The lowest BCUT2D eigenvalue weighted by atomic mass is 10.0. The number of nitrogens with one attached hydrogen (secondary N) is 2. The molecule has 32 heavy (non-hydrogen) atoms. The van der Waals surface area contributed by atoms with Gasteiger partial charge in [-0.1, -0.05) is 30.3 Å². The molecule has 0 fully saturated rings. The van der Waals surface area contributed by atoms with Crippen molar-refractivity contribution in [2.75, 3.05) is 19.4 Å². The summed E-state index contributed by atoms with van der Waals surface area (Å²) < 4.78 is 11.1. The highest BCUT2D eigenvalue weighted by atomic mass is 16.5. The average Bonchev–Trinajstić information content (AvgIpc) is 2.79. The van der Waals surface area contributed by atoms with Crippen LogP contribution in [0.3, 0.4) is 0 Å². The molecule has 2 aliphatic rings. The van der Waals surface area contributed by atoms with E-state index in [0.717, 1.165) is 11.1 Å². The van der Waals surface area contributed by atoms with Crippen molar-refractivity contribution in [3.63, 3.8) is 0 Å². The molecule has 5 rings (SSSR count). The topological polar surface area (TPSA) is 103 Å². The van der Waals surface area contributed by atoms with Crippen LogP contribution in [0.4, 0.5) is 5.69 Å². The van der Waals surface area contributed by atoms with Gasteiger partial charge in [-0.3, -0.25) is 9.59 Å². The summed E-state index contributed by atoms with van der Waals surface area (Å²) in [6.07, 6.45) is 0.695. The van der Waals surface area contributed by atoms with Gasteiger partial charge in [0.1, 0.15) is 23.3 Å². The number of nitrogens with two attached hydrogens (primary N) is 1. The van der Waals surface area contributed by atoms with Gasteiger partial charge in [0, 0.05) is 6.54 Å². The Kier molecular flexibility index (Phi) is 6.26. The molecule has 7 nitrogen and oxygen atoms in total. The number of hydrogen-bond donors (Lipinski definition) is 3. The van der Waals surface area contributed by atoms with E-state index in [1.807, 2.05) is 36.4 Å². The number of carbonyl (C=O) groups excluding carboxylic acids is 2. The van der Waals surface area contributed by atoms with Crippen LogP contribution < -0.4 is 25.8 Å². The van der Waals surface area contributed by atoms with Gasteiger partial charge in [0.25, 0.3) is 0 Å². The van der Waals surface area contributed by atoms with Gasteiger partial charge in [-0.2, -0.15) is 0 Å². The first-order chi connectivity index (χ1) is 15.5. The molecule has 3 aromatic carbocycles. The Morgan fingerprint density at radius 1 is 1.00 bits per heavy atom. The van der Waals surface area contributed by atoms with Gasteiger partial charge in [-0.05, 0) is 59.5 Å². The van der Waals surface area contributed by atoms with Crippen molar-refractivity contribution < 1.29 is 19.1 Å². The molecule has 0 aromatic heterocycles. The molecular formula is C25H25N3O4. The Bertz CT molecular complexity index is 1130. The van der Waals surface area contributed by atoms with Crippen LogP contribution in [0.15, 0.2) is 66.7 Å². The van der Waals surface area contributed by atoms with Crippen LogP contribution in [0.1, 0.15) is 22.7 Å². The van der Waals surface area contributed by atoms with E-state index in [-0.39, 0.29) is 18.2 Å². The second-order valence-corrected chi connectivity index (χ2v) is 7.61. The molecule has 0 saturated carbocycles. The minimum atomic E-state index is -0.826. The number of ether oxygens (including phenoxy) is 2. The van der Waals surface area contributed by atoms with Crippen LogP contribution in [0.2, 0.25) is 0 Å². The largest absolute Gasteiger partial charge is 0.497 e. The predicted molar refractivity (Wildman–Crippen MR) is 122 cm³/mol. The van der Waals surface area contributed by atoms with E-state index in [4.69, 9.17) is 15.2 Å². The standard InChI is InChI=1S/C25H25N3O4/c1-31-19-8-6-18(7-9-19)24-25(30)27-12-11-16-5-10-22(21(26)14-16)32-20-4-2-3-17(13-20)15-23(29)28-24/h2-10,13-14,24H,11-12,15,26H2,1H3,(H,27,30)(H,28,29)/t24-/m1/s1. The SMILES string of the molecule is COc1ccc([C@H]2NC(=O)Cc3cccc(c3)Oc3ccc(cc3N)CCNC2=O)cc1. The van der Waals surface area contributed by atoms with Gasteiger partial charge in [-0.15, -0.1) is 0 Å². The summed E-state index contributed by atoms with van der Waals surface area (Å²) in [5.74, 6) is 1.26. The van der Waals surface area contributed by atoms with Crippen LogP contribution in [-0.4, -0.2) is 25.5 Å². The van der Waals surface area contributed by atoms with E-state index >= 15 is 0 Å². The summed E-state index contributed by atoms with van der Waals surface area (Å²) in [6, 6.07) is 19.1. The van der Waals surface area contributed by atoms with Crippen molar-refractivity contribution in [1.82, 2.24) is 10.6 Å². The van der Waals surface area contributed by atoms with Crippen molar-refractivity contribution in [2.45, 2.75) is 18.9 Å². The third-order valence-corrected chi connectivity index (χ3v) is 5.29. The molecular weight excluding hydrogens is 406 g/mol. The van der Waals surface area contributed by atoms with Gasteiger partial charge < -0.3 is 25.8 Å². The molecule has 0 spiro atoms. The molecule has 0 aliphatic carbocycles. The van der Waals surface area contributed by atoms with Crippen molar-refractivity contribution in [1.29, 1.82) is 0 Å². The quantitative estimate of drug-likeness (QED) is 0.541. The second kappa shape index (κ2) is 9.43. The number of benzene rings is 3. The van der Waals surface area contributed by atoms with Crippen LogP contribution in [0, 0.1) is 0 Å². The summed E-state index contributed by atoms with van der Waals surface area (Å²) >= 11 is 0. The summed E-state index contributed by atoms with van der Waals surface area (Å²) in [5.41, 5.74) is 9.08. The molecule has 164 valence electrons. The number of anilines is 1. The van der Waals surface area contributed by atoms with Gasteiger partial charge in [-0.25, -0.2) is 0 Å². The maximum atomic E-state index is 13.0. The van der Waals surface area contributed by atoms with Crippen molar-refractivity contribution in [3.05, 3.63) is 83.4 Å². The molecule has 0 radical (unpaired) electrons. The normalized spacial score (nSPS) is 16.6. The van der Waals surface area contributed by atoms with Crippen LogP contribution in [-0.2, 0) is 22.4 Å². The highest BCUT2D eigenvalue weighted by Crippen LogP contribution is 2.29.